The monoisotopic (exact) mass is 273 g/mol. The Bertz CT molecular complexity index is 491. The molecule has 3 rings (SSSR count). The Hall–Kier alpha value is -1.65. The highest BCUT2D eigenvalue weighted by Gasteiger charge is 2.25. The van der Waals surface area contributed by atoms with Crippen LogP contribution in [0.5, 0.6) is 0 Å². The Labute approximate surface area is 120 Å². The van der Waals surface area contributed by atoms with Crippen molar-refractivity contribution in [1.82, 2.24) is 9.97 Å². The van der Waals surface area contributed by atoms with E-state index in [-0.39, 0.29) is 5.92 Å². The second-order valence-corrected chi connectivity index (χ2v) is 5.90. The van der Waals surface area contributed by atoms with Crippen LogP contribution >= 0.6 is 0 Å². The molecule has 1 aliphatic carbocycles. The Kier molecular flexibility index (Phi) is 3.85. The van der Waals surface area contributed by atoms with Crippen LogP contribution in [0.1, 0.15) is 43.4 Å². The predicted molar refractivity (Wildman–Crippen MR) is 80.1 cm³/mol. The van der Waals surface area contributed by atoms with Crippen LogP contribution in [-0.4, -0.2) is 28.9 Å². The minimum atomic E-state index is 0.256. The summed E-state index contributed by atoms with van der Waals surface area (Å²) in [6, 6.07) is 0. The van der Waals surface area contributed by atoms with E-state index in [1.54, 1.807) is 6.33 Å². The molecule has 0 unspecified atom stereocenters. The number of piperidine rings is 1. The van der Waals surface area contributed by atoms with Crippen molar-refractivity contribution in [2.24, 2.45) is 11.7 Å². The quantitative estimate of drug-likeness (QED) is 0.490. The number of aromatic nitrogens is 2. The molecule has 0 amide bonds. The fourth-order valence-corrected chi connectivity index (χ4v) is 3.36. The second-order valence-electron chi connectivity index (χ2n) is 5.90. The van der Waals surface area contributed by atoms with Crippen LogP contribution in [-0.2, 0) is 12.8 Å². The van der Waals surface area contributed by atoms with Gasteiger partial charge in [0.25, 0.3) is 0 Å². The van der Waals surface area contributed by atoms with Gasteiger partial charge < -0.3 is 10.6 Å². The van der Waals surface area contributed by atoms with Crippen molar-refractivity contribution in [2.75, 3.05) is 18.0 Å². The van der Waals surface area contributed by atoms with Crippen molar-refractivity contribution in [3.63, 3.8) is 0 Å². The third-order valence-corrected chi connectivity index (χ3v) is 4.59. The number of nitrogens with two attached hydrogens (primary N) is 1. The third kappa shape index (κ3) is 2.62. The summed E-state index contributed by atoms with van der Waals surface area (Å²) in [4.78, 5) is 11.4. The summed E-state index contributed by atoms with van der Waals surface area (Å²) >= 11 is 0. The molecule has 5 heteroatoms. The SMILES string of the molecule is N=C(N)C1CCN(c2ncnc3c2CCCCC3)CC1. The summed E-state index contributed by atoms with van der Waals surface area (Å²) in [6.07, 6.45) is 9.64. The highest BCUT2D eigenvalue weighted by Crippen LogP contribution is 2.29. The smallest absolute Gasteiger partial charge is 0.135 e. The first-order chi connectivity index (χ1) is 9.75. The van der Waals surface area contributed by atoms with E-state index in [0.29, 0.717) is 5.84 Å². The van der Waals surface area contributed by atoms with Gasteiger partial charge in [-0.3, -0.25) is 5.41 Å². The predicted octanol–water partition coefficient (Wildman–Crippen LogP) is 1.90. The highest BCUT2D eigenvalue weighted by molar-refractivity contribution is 5.79. The zero-order valence-corrected chi connectivity index (χ0v) is 11.9. The molecule has 5 nitrogen and oxygen atoms in total. The molecule has 2 heterocycles. The average Bonchev–Trinajstić information content (AvgIpc) is 2.72. The normalized spacial score (nSPS) is 20.3. The van der Waals surface area contributed by atoms with E-state index >= 15 is 0 Å². The van der Waals surface area contributed by atoms with Crippen LogP contribution < -0.4 is 10.6 Å². The van der Waals surface area contributed by atoms with E-state index in [4.69, 9.17) is 11.1 Å². The number of hydrogen-bond acceptors (Lipinski definition) is 4. The number of hydrogen-bond donors (Lipinski definition) is 2. The molecule has 0 radical (unpaired) electrons. The number of rotatable bonds is 2. The van der Waals surface area contributed by atoms with Gasteiger partial charge in [-0.1, -0.05) is 6.42 Å². The van der Waals surface area contributed by atoms with Crippen molar-refractivity contribution < 1.29 is 0 Å². The zero-order chi connectivity index (χ0) is 13.9. The zero-order valence-electron chi connectivity index (χ0n) is 11.9. The summed E-state index contributed by atoms with van der Waals surface area (Å²) in [5, 5.41) is 7.57. The van der Waals surface area contributed by atoms with Gasteiger partial charge in [0.1, 0.15) is 12.1 Å². The summed E-state index contributed by atoms with van der Waals surface area (Å²) in [6.45, 7) is 1.90. The molecule has 0 atom stereocenters. The molecule has 1 fully saturated rings. The second kappa shape index (κ2) is 5.77. The minimum absolute atomic E-state index is 0.256. The van der Waals surface area contributed by atoms with E-state index in [1.165, 1.54) is 30.5 Å². The van der Waals surface area contributed by atoms with Crippen molar-refractivity contribution in [3.05, 3.63) is 17.6 Å². The summed E-state index contributed by atoms with van der Waals surface area (Å²) in [5.74, 6) is 1.73. The summed E-state index contributed by atoms with van der Waals surface area (Å²) < 4.78 is 0. The Morgan fingerprint density at radius 2 is 1.90 bits per heavy atom. The molecular formula is C15H23N5. The number of aryl methyl sites for hydroxylation is 1. The van der Waals surface area contributed by atoms with Crippen LogP contribution in [0, 0.1) is 11.3 Å². The topological polar surface area (TPSA) is 78.9 Å². The molecule has 20 heavy (non-hydrogen) atoms. The van der Waals surface area contributed by atoms with E-state index in [1.807, 2.05) is 0 Å². The Morgan fingerprint density at radius 1 is 1.15 bits per heavy atom. The van der Waals surface area contributed by atoms with E-state index < -0.39 is 0 Å². The van der Waals surface area contributed by atoms with Crippen molar-refractivity contribution >= 4 is 11.7 Å². The molecule has 3 N–H and O–H groups in total. The number of anilines is 1. The molecule has 0 saturated carbocycles. The standard InChI is InChI=1S/C15H23N5/c16-14(17)11-6-8-20(9-7-11)15-12-4-2-1-3-5-13(12)18-10-19-15/h10-11H,1-9H2,(H3,16,17). The van der Waals surface area contributed by atoms with Crippen LogP contribution in [0.4, 0.5) is 5.82 Å². The molecular weight excluding hydrogens is 250 g/mol. The van der Waals surface area contributed by atoms with E-state index in [2.05, 4.69) is 14.9 Å². The molecule has 0 aromatic carbocycles. The van der Waals surface area contributed by atoms with Crippen LogP contribution in [0.25, 0.3) is 0 Å². The van der Waals surface area contributed by atoms with Gasteiger partial charge in [0, 0.05) is 30.3 Å². The summed E-state index contributed by atoms with van der Waals surface area (Å²) in [7, 11) is 0. The van der Waals surface area contributed by atoms with Gasteiger partial charge in [0.05, 0.1) is 5.84 Å². The van der Waals surface area contributed by atoms with Crippen LogP contribution in [0.3, 0.4) is 0 Å². The fraction of sp³-hybridized carbons (Fsp3) is 0.667. The Balaban J connectivity index is 1.79. The molecule has 0 spiro atoms. The number of nitrogens with zero attached hydrogens (tertiary/aromatic N) is 3. The molecule has 1 saturated heterocycles. The van der Waals surface area contributed by atoms with Crippen LogP contribution in [0.2, 0.25) is 0 Å². The Morgan fingerprint density at radius 3 is 2.65 bits per heavy atom. The minimum Gasteiger partial charge on any atom is -0.387 e. The van der Waals surface area contributed by atoms with Gasteiger partial charge in [-0.05, 0) is 38.5 Å². The van der Waals surface area contributed by atoms with Crippen molar-refractivity contribution in [3.8, 4) is 0 Å². The van der Waals surface area contributed by atoms with Gasteiger partial charge in [-0.25, -0.2) is 9.97 Å². The lowest BCUT2D eigenvalue weighted by atomic mass is 9.95. The molecule has 1 aromatic heterocycles. The van der Waals surface area contributed by atoms with Gasteiger partial charge in [-0.2, -0.15) is 0 Å². The van der Waals surface area contributed by atoms with Gasteiger partial charge >= 0.3 is 0 Å². The van der Waals surface area contributed by atoms with Crippen molar-refractivity contribution in [2.45, 2.75) is 44.9 Å². The lowest BCUT2D eigenvalue weighted by molar-refractivity contribution is 0.493. The first-order valence-corrected chi connectivity index (χ1v) is 7.67. The number of nitrogens with one attached hydrogen (secondary N) is 1. The highest BCUT2D eigenvalue weighted by atomic mass is 15.2. The maximum atomic E-state index is 7.57. The van der Waals surface area contributed by atoms with Gasteiger partial charge in [-0.15, -0.1) is 0 Å². The number of fused-ring (bicyclic) bond motifs is 1. The van der Waals surface area contributed by atoms with E-state index in [0.717, 1.165) is 44.6 Å². The lowest BCUT2D eigenvalue weighted by Crippen LogP contribution is -2.39. The number of amidine groups is 1. The maximum Gasteiger partial charge on any atom is 0.135 e. The van der Waals surface area contributed by atoms with Crippen molar-refractivity contribution in [1.29, 1.82) is 5.41 Å². The molecule has 108 valence electrons. The lowest BCUT2D eigenvalue weighted by Gasteiger charge is -2.33. The van der Waals surface area contributed by atoms with Gasteiger partial charge in [0.15, 0.2) is 0 Å². The van der Waals surface area contributed by atoms with Crippen LogP contribution in [0.15, 0.2) is 6.33 Å². The molecule has 0 bridgehead atoms. The third-order valence-electron chi connectivity index (χ3n) is 4.59. The first-order valence-electron chi connectivity index (χ1n) is 7.67. The maximum absolute atomic E-state index is 7.57. The summed E-state index contributed by atoms with van der Waals surface area (Å²) in [5.41, 5.74) is 8.24. The van der Waals surface area contributed by atoms with Gasteiger partial charge in [0.2, 0.25) is 0 Å². The van der Waals surface area contributed by atoms with E-state index in [9.17, 15) is 0 Å². The molecule has 2 aliphatic rings. The average molecular weight is 273 g/mol. The first kappa shape index (κ1) is 13.3. The fourth-order valence-electron chi connectivity index (χ4n) is 3.36. The molecule has 1 aliphatic heterocycles. The largest absolute Gasteiger partial charge is 0.387 e. The molecule has 1 aromatic rings.